The molecule has 0 saturated carbocycles. The lowest BCUT2D eigenvalue weighted by Crippen LogP contribution is -2.39. The summed E-state index contributed by atoms with van der Waals surface area (Å²) in [5.41, 5.74) is 8.90. The molecule has 1 atom stereocenters. The molecule has 1 saturated heterocycles. The van der Waals surface area contributed by atoms with Crippen molar-refractivity contribution in [2.75, 3.05) is 42.2 Å². The zero-order chi connectivity index (χ0) is 21.8. The van der Waals surface area contributed by atoms with Crippen molar-refractivity contribution in [2.45, 2.75) is 45.7 Å². The van der Waals surface area contributed by atoms with E-state index in [1.165, 1.54) is 18.4 Å². The smallest absolute Gasteiger partial charge is 0.320 e. The Hall–Kier alpha value is -2.87. The van der Waals surface area contributed by atoms with Gasteiger partial charge >= 0.3 is 6.01 Å². The molecule has 0 radical (unpaired) electrons. The van der Waals surface area contributed by atoms with Gasteiger partial charge in [0.25, 0.3) is 0 Å². The summed E-state index contributed by atoms with van der Waals surface area (Å²) in [6.07, 6.45) is 2.89. The Labute approximate surface area is 178 Å². The van der Waals surface area contributed by atoms with Gasteiger partial charge in [0.1, 0.15) is 5.69 Å². The summed E-state index contributed by atoms with van der Waals surface area (Å²) in [4.78, 5) is 25.3. The highest BCUT2D eigenvalue weighted by Gasteiger charge is 2.27. The molecule has 0 spiro atoms. The molecule has 8 heteroatoms. The molecule has 3 heterocycles. The molecule has 4 rings (SSSR count). The third kappa shape index (κ3) is 4.81. The summed E-state index contributed by atoms with van der Waals surface area (Å²) in [7, 11) is 0. The Balaban J connectivity index is 1.52. The van der Waals surface area contributed by atoms with Crippen LogP contribution in [0.15, 0.2) is 24.3 Å². The van der Waals surface area contributed by atoms with Crippen LogP contribution in [0.25, 0.3) is 0 Å². The maximum Gasteiger partial charge on any atom is 0.320 e. The van der Waals surface area contributed by atoms with Crippen LogP contribution >= 0.6 is 0 Å². The highest BCUT2D eigenvalue weighted by atomic mass is 16.5. The highest BCUT2D eigenvalue weighted by Crippen LogP contribution is 2.34. The number of nitrogens with zero attached hydrogens (tertiary/aromatic N) is 4. The Kier molecular flexibility index (Phi) is 5.92. The number of benzene rings is 1. The second kappa shape index (κ2) is 9.30. The molecule has 160 valence electrons. The van der Waals surface area contributed by atoms with Gasteiger partial charge < -0.3 is 20.7 Å². The van der Waals surface area contributed by atoms with Gasteiger partial charge in [-0.2, -0.15) is 9.97 Å². The van der Waals surface area contributed by atoms with Gasteiger partial charge in [0, 0.05) is 14.5 Å². The zero-order valence-corrected chi connectivity index (χ0v) is 17.4. The zero-order valence-electron chi connectivity index (χ0n) is 18.4. The molecule has 0 unspecified atom stereocenters. The van der Waals surface area contributed by atoms with Crippen molar-refractivity contribution in [1.29, 1.82) is 0 Å². The molecule has 8 nitrogen and oxygen atoms in total. The van der Waals surface area contributed by atoms with Gasteiger partial charge in [-0.25, -0.2) is 0 Å². The molecule has 2 aliphatic heterocycles. The minimum Gasteiger partial charge on any atom is -0.463 e. The van der Waals surface area contributed by atoms with Gasteiger partial charge in [0.05, 0.1) is 13.2 Å². The average molecular weight is 412 g/mol. The van der Waals surface area contributed by atoms with Crippen molar-refractivity contribution in [3.63, 3.8) is 0 Å². The molecule has 2 aromatic rings. The number of anilines is 3. The van der Waals surface area contributed by atoms with Crippen LogP contribution in [0.4, 0.5) is 17.3 Å². The number of carbonyl (C=O) groups excluding carboxylic acids is 1. The first-order valence-corrected chi connectivity index (χ1v) is 10.6. The normalized spacial score (nSPS) is 18.0. The van der Waals surface area contributed by atoms with Crippen LogP contribution in [0.2, 0.25) is 0 Å². The highest BCUT2D eigenvalue weighted by molar-refractivity contribution is 6.03. The largest absolute Gasteiger partial charge is 0.463 e. The van der Waals surface area contributed by atoms with Crippen molar-refractivity contribution in [3.8, 4) is 6.01 Å². The molecule has 1 amide bonds. The third-order valence-electron chi connectivity index (χ3n) is 5.40. The van der Waals surface area contributed by atoms with E-state index in [1.54, 1.807) is 6.92 Å². The van der Waals surface area contributed by atoms with Gasteiger partial charge in [-0.3, -0.25) is 9.69 Å². The van der Waals surface area contributed by atoms with E-state index in [-0.39, 0.29) is 30.7 Å². The minimum absolute atomic E-state index is 0.146. The average Bonchev–Trinajstić information content (AvgIpc) is 3.22. The molecule has 3 N–H and O–H groups in total. The summed E-state index contributed by atoms with van der Waals surface area (Å²) >= 11 is 0. The number of nitrogens with one attached hydrogen (secondary N) is 1. The fourth-order valence-electron chi connectivity index (χ4n) is 3.93. The number of hydrogen-bond donors (Lipinski definition) is 2. The summed E-state index contributed by atoms with van der Waals surface area (Å²) in [5.74, 6) is 0.596. The van der Waals surface area contributed by atoms with Crippen LogP contribution in [-0.4, -0.2) is 47.0 Å². The number of fused-ring (bicyclic) bond motifs is 1. The number of likely N-dealkylation sites (tertiary alicyclic amines) is 1. The van der Waals surface area contributed by atoms with E-state index >= 15 is 0 Å². The first-order chi connectivity index (χ1) is 15.0. The second-order valence-electron chi connectivity index (χ2n) is 7.84. The third-order valence-corrected chi connectivity index (χ3v) is 5.40. The van der Waals surface area contributed by atoms with Crippen molar-refractivity contribution in [1.82, 2.24) is 14.9 Å². The van der Waals surface area contributed by atoms with E-state index in [0.717, 1.165) is 25.2 Å². The van der Waals surface area contributed by atoms with Gasteiger partial charge in [-0.15, -0.1) is 0 Å². The number of nitrogens with two attached hydrogens (primary N) is 1. The first kappa shape index (κ1) is 19.1. The van der Waals surface area contributed by atoms with Crippen LogP contribution in [0, 0.1) is 0 Å². The minimum atomic E-state index is -0.224. The van der Waals surface area contributed by atoms with Crippen LogP contribution in [0.1, 0.15) is 45.1 Å². The topological polar surface area (TPSA) is 96.6 Å². The standard InChI is InChI=1S/C22H30N6O2/c1-2-3-11-30-22-25-20(23)19-21(26-22)28(15-18(29)24-19)14-17-8-6-7-16(12-17)13-27-9-4-5-10-27/h6-8,12H,2-5,9-11,13-15H2,1H3,(H,24,29)(H2,23,25,26)/i2D/t2-/m1/s1. The maximum atomic E-state index is 12.3. The molecule has 2 aliphatic rings. The maximum absolute atomic E-state index is 12.3. The lowest BCUT2D eigenvalue weighted by Gasteiger charge is -2.30. The van der Waals surface area contributed by atoms with Crippen molar-refractivity contribution in [3.05, 3.63) is 35.4 Å². The van der Waals surface area contributed by atoms with Gasteiger partial charge in [-0.05, 0) is 43.5 Å². The number of carbonyl (C=O) groups is 1. The SMILES string of the molecule is [2H][C@H](C)CCOc1nc(N)c2c(n1)N(Cc1cccc(CN3CCCC3)c1)CC(=O)N2. The van der Waals surface area contributed by atoms with Gasteiger partial charge in [0.2, 0.25) is 5.91 Å². The number of amides is 1. The molecular formula is C22H30N6O2. The molecule has 1 fully saturated rings. The van der Waals surface area contributed by atoms with Crippen molar-refractivity contribution < 1.29 is 10.9 Å². The van der Waals surface area contributed by atoms with Crippen molar-refractivity contribution >= 4 is 23.2 Å². The quantitative estimate of drug-likeness (QED) is 0.689. The van der Waals surface area contributed by atoms with E-state index in [1.807, 2.05) is 4.90 Å². The predicted molar refractivity (Wildman–Crippen MR) is 117 cm³/mol. The number of hydrogen-bond acceptors (Lipinski definition) is 7. The Morgan fingerprint density at radius 3 is 2.77 bits per heavy atom. The lowest BCUT2D eigenvalue weighted by molar-refractivity contribution is -0.115. The molecule has 30 heavy (non-hydrogen) atoms. The number of nitrogen functional groups attached to an aromatic ring is 1. The Bertz CT molecular complexity index is 932. The van der Waals surface area contributed by atoms with E-state index < -0.39 is 0 Å². The Morgan fingerprint density at radius 2 is 2.00 bits per heavy atom. The van der Waals surface area contributed by atoms with Crippen LogP contribution < -0.4 is 20.7 Å². The van der Waals surface area contributed by atoms with Crippen LogP contribution in [0.3, 0.4) is 0 Å². The van der Waals surface area contributed by atoms with E-state index in [2.05, 4.69) is 44.5 Å². The summed E-state index contributed by atoms with van der Waals surface area (Å²) in [6, 6.07) is 8.65. The van der Waals surface area contributed by atoms with Crippen molar-refractivity contribution in [2.24, 2.45) is 0 Å². The van der Waals surface area contributed by atoms with Gasteiger partial charge in [0.15, 0.2) is 11.6 Å². The second-order valence-corrected chi connectivity index (χ2v) is 7.84. The van der Waals surface area contributed by atoms with E-state index in [4.69, 9.17) is 11.8 Å². The van der Waals surface area contributed by atoms with Crippen LogP contribution in [-0.2, 0) is 17.9 Å². The number of rotatable bonds is 8. The summed E-state index contributed by atoms with van der Waals surface area (Å²) in [5, 5.41) is 2.78. The molecule has 1 aromatic heterocycles. The first-order valence-electron chi connectivity index (χ1n) is 11.1. The monoisotopic (exact) mass is 411 g/mol. The summed E-state index contributed by atoms with van der Waals surface area (Å²) < 4.78 is 13.2. The number of aromatic nitrogens is 2. The lowest BCUT2D eigenvalue weighted by atomic mass is 10.1. The fraction of sp³-hybridized carbons (Fsp3) is 0.500. The van der Waals surface area contributed by atoms with E-state index in [0.29, 0.717) is 31.1 Å². The number of ether oxygens (including phenoxy) is 1. The molecular weight excluding hydrogens is 380 g/mol. The Morgan fingerprint density at radius 1 is 1.23 bits per heavy atom. The molecule has 1 aromatic carbocycles. The predicted octanol–water partition coefficient (Wildman–Crippen LogP) is 2.79. The van der Waals surface area contributed by atoms with Gasteiger partial charge in [-0.1, -0.05) is 37.6 Å². The molecule has 0 aliphatic carbocycles. The van der Waals surface area contributed by atoms with E-state index in [9.17, 15) is 4.79 Å². The fourth-order valence-corrected chi connectivity index (χ4v) is 3.93. The molecule has 0 bridgehead atoms. The summed E-state index contributed by atoms with van der Waals surface area (Å²) in [6.45, 7) is 6.13. The van der Waals surface area contributed by atoms with Crippen LogP contribution in [0.5, 0.6) is 6.01 Å².